The van der Waals surface area contributed by atoms with E-state index in [1.54, 1.807) is 6.92 Å². The molecule has 0 unspecified atom stereocenters. The van der Waals surface area contributed by atoms with E-state index in [4.69, 9.17) is 20.8 Å². The standard InChI is InChI=1S/C19H19ClN2O3/c1-2-24-19(23)16-11-25-18(21-16)15-10-22(13-5-3-4-6-13)17-8-7-12(20)9-14(15)17/h7-11,13H,2-6H2,1H3. The van der Waals surface area contributed by atoms with Gasteiger partial charge in [-0.25, -0.2) is 9.78 Å². The van der Waals surface area contributed by atoms with E-state index in [-0.39, 0.29) is 5.69 Å². The minimum absolute atomic E-state index is 0.181. The van der Waals surface area contributed by atoms with E-state index in [9.17, 15) is 4.79 Å². The molecule has 0 spiro atoms. The third kappa shape index (κ3) is 2.93. The van der Waals surface area contributed by atoms with E-state index in [1.807, 2.05) is 18.2 Å². The number of aromatic nitrogens is 2. The number of benzene rings is 1. The van der Waals surface area contributed by atoms with Crippen LogP contribution < -0.4 is 0 Å². The van der Waals surface area contributed by atoms with Gasteiger partial charge in [0, 0.05) is 28.2 Å². The molecule has 4 rings (SSSR count). The summed E-state index contributed by atoms with van der Waals surface area (Å²) >= 11 is 6.21. The predicted octanol–water partition coefficient (Wildman–Crippen LogP) is 5.24. The van der Waals surface area contributed by atoms with Crippen molar-refractivity contribution in [3.05, 3.63) is 41.4 Å². The lowest BCUT2D eigenvalue weighted by Crippen LogP contribution is -2.04. The smallest absolute Gasteiger partial charge is 0.360 e. The highest BCUT2D eigenvalue weighted by atomic mass is 35.5. The summed E-state index contributed by atoms with van der Waals surface area (Å²) in [5.74, 6) is -0.0675. The Hall–Kier alpha value is -2.27. The number of hydrogen-bond acceptors (Lipinski definition) is 4. The van der Waals surface area contributed by atoms with Crippen LogP contribution in [0.3, 0.4) is 0 Å². The number of ether oxygens (including phenoxy) is 1. The van der Waals surface area contributed by atoms with Gasteiger partial charge in [0.05, 0.1) is 12.2 Å². The second-order valence-corrected chi connectivity index (χ2v) is 6.74. The van der Waals surface area contributed by atoms with E-state index in [2.05, 4.69) is 15.7 Å². The first-order valence-electron chi connectivity index (χ1n) is 8.60. The minimum Gasteiger partial charge on any atom is -0.461 e. The highest BCUT2D eigenvalue weighted by Gasteiger charge is 2.23. The Balaban J connectivity index is 1.81. The molecule has 1 aliphatic rings. The van der Waals surface area contributed by atoms with Gasteiger partial charge >= 0.3 is 5.97 Å². The van der Waals surface area contributed by atoms with Gasteiger partial charge in [-0.1, -0.05) is 24.4 Å². The highest BCUT2D eigenvalue weighted by molar-refractivity contribution is 6.31. The molecule has 0 atom stereocenters. The lowest BCUT2D eigenvalue weighted by atomic mass is 10.2. The van der Waals surface area contributed by atoms with Gasteiger partial charge in [-0.15, -0.1) is 0 Å². The molecule has 1 fully saturated rings. The summed E-state index contributed by atoms with van der Waals surface area (Å²) in [5, 5.41) is 1.65. The van der Waals surface area contributed by atoms with Crippen molar-refractivity contribution in [3.8, 4) is 11.5 Å². The molecule has 0 amide bonds. The first-order chi connectivity index (χ1) is 12.2. The number of carbonyl (C=O) groups is 1. The number of nitrogens with zero attached hydrogens (tertiary/aromatic N) is 2. The van der Waals surface area contributed by atoms with Gasteiger partial charge < -0.3 is 13.7 Å². The van der Waals surface area contributed by atoms with E-state index >= 15 is 0 Å². The van der Waals surface area contributed by atoms with Crippen LogP contribution in [0.25, 0.3) is 22.4 Å². The van der Waals surface area contributed by atoms with Crippen molar-refractivity contribution < 1.29 is 13.9 Å². The van der Waals surface area contributed by atoms with Gasteiger partial charge in [-0.05, 0) is 38.0 Å². The zero-order chi connectivity index (χ0) is 17.4. The number of fused-ring (bicyclic) bond motifs is 1. The molecule has 2 aromatic heterocycles. The van der Waals surface area contributed by atoms with Gasteiger partial charge in [-0.3, -0.25) is 0 Å². The third-order valence-corrected chi connectivity index (χ3v) is 4.97. The maximum Gasteiger partial charge on any atom is 0.360 e. The van der Waals surface area contributed by atoms with E-state index in [0.29, 0.717) is 23.6 Å². The summed E-state index contributed by atoms with van der Waals surface area (Å²) in [6.45, 7) is 2.06. The van der Waals surface area contributed by atoms with Gasteiger partial charge in [0.2, 0.25) is 5.89 Å². The summed E-state index contributed by atoms with van der Waals surface area (Å²) in [7, 11) is 0. The molecule has 0 N–H and O–H groups in total. The fraction of sp³-hybridized carbons (Fsp3) is 0.368. The second kappa shape index (κ2) is 6.56. The number of hydrogen-bond donors (Lipinski definition) is 0. The molecule has 0 radical (unpaired) electrons. The van der Waals surface area contributed by atoms with Crippen LogP contribution in [0.2, 0.25) is 5.02 Å². The topological polar surface area (TPSA) is 57.3 Å². The van der Waals surface area contributed by atoms with Crippen LogP contribution in [0, 0.1) is 0 Å². The average molecular weight is 359 g/mol. The summed E-state index contributed by atoms with van der Waals surface area (Å²) < 4.78 is 12.9. The van der Waals surface area contributed by atoms with Crippen LogP contribution in [-0.4, -0.2) is 22.1 Å². The Bertz CT molecular complexity index is 922. The molecular formula is C19H19ClN2O3. The van der Waals surface area contributed by atoms with Crippen LogP contribution in [0.5, 0.6) is 0 Å². The van der Waals surface area contributed by atoms with Crippen molar-refractivity contribution in [3.63, 3.8) is 0 Å². The van der Waals surface area contributed by atoms with Gasteiger partial charge in [0.25, 0.3) is 0 Å². The normalized spacial score (nSPS) is 15.1. The summed E-state index contributed by atoms with van der Waals surface area (Å²) in [6, 6.07) is 6.34. The Morgan fingerprint density at radius 2 is 2.20 bits per heavy atom. The Kier molecular flexibility index (Phi) is 4.25. The molecule has 2 heterocycles. The summed E-state index contributed by atoms with van der Waals surface area (Å²) in [4.78, 5) is 16.2. The third-order valence-electron chi connectivity index (χ3n) is 4.73. The van der Waals surface area contributed by atoms with Crippen LogP contribution in [0.15, 0.2) is 35.1 Å². The Morgan fingerprint density at radius 1 is 1.40 bits per heavy atom. The Labute approximate surface area is 150 Å². The molecule has 1 aliphatic carbocycles. The number of esters is 1. The van der Waals surface area contributed by atoms with Gasteiger partial charge in [0.1, 0.15) is 6.26 Å². The number of oxazole rings is 1. The second-order valence-electron chi connectivity index (χ2n) is 6.31. The molecule has 3 aromatic rings. The van der Waals surface area contributed by atoms with Crippen molar-refractivity contribution >= 4 is 28.5 Å². The molecule has 0 bridgehead atoms. The van der Waals surface area contributed by atoms with Gasteiger partial charge in [-0.2, -0.15) is 0 Å². The number of halogens is 1. The molecule has 130 valence electrons. The fourth-order valence-electron chi connectivity index (χ4n) is 3.58. The predicted molar refractivity (Wildman–Crippen MR) is 95.9 cm³/mol. The van der Waals surface area contributed by atoms with Crippen molar-refractivity contribution in [2.45, 2.75) is 38.6 Å². The molecule has 0 saturated heterocycles. The largest absolute Gasteiger partial charge is 0.461 e. The minimum atomic E-state index is -0.477. The van der Waals surface area contributed by atoms with E-state index in [1.165, 1.54) is 31.9 Å². The van der Waals surface area contributed by atoms with Crippen molar-refractivity contribution in [1.82, 2.24) is 9.55 Å². The zero-order valence-electron chi connectivity index (χ0n) is 14.0. The van der Waals surface area contributed by atoms with Crippen molar-refractivity contribution in [2.24, 2.45) is 0 Å². The monoisotopic (exact) mass is 358 g/mol. The molecule has 1 saturated carbocycles. The summed E-state index contributed by atoms with van der Waals surface area (Å²) in [6.07, 6.45) is 8.25. The lowest BCUT2D eigenvalue weighted by molar-refractivity contribution is 0.0519. The number of carbonyl (C=O) groups excluding carboxylic acids is 1. The zero-order valence-corrected chi connectivity index (χ0v) is 14.8. The number of rotatable bonds is 4. The molecule has 1 aromatic carbocycles. The molecule has 5 nitrogen and oxygen atoms in total. The molecular weight excluding hydrogens is 340 g/mol. The fourth-order valence-corrected chi connectivity index (χ4v) is 3.75. The van der Waals surface area contributed by atoms with E-state index in [0.717, 1.165) is 16.5 Å². The van der Waals surface area contributed by atoms with Crippen LogP contribution in [0.1, 0.15) is 49.1 Å². The lowest BCUT2D eigenvalue weighted by Gasteiger charge is -2.13. The molecule has 6 heteroatoms. The van der Waals surface area contributed by atoms with Gasteiger partial charge in [0.15, 0.2) is 5.69 Å². The Morgan fingerprint density at radius 3 is 2.96 bits per heavy atom. The maximum absolute atomic E-state index is 11.9. The first-order valence-corrected chi connectivity index (χ1v) is 8.98. The quantitative estimate of drug-likeness (QED) is 0.598. The molecule has 0 aliphatic heterocycles. The van der Waals surface area contributed by atoms with E-state index < -0.39 is 5.97 Å². The highest BCUT2D eigenvalue weighted by Crippen LogP contribution is 2.38. The maximum atomic E-state index is 11.9. The summed E-state index contributed by atoms with van der Waals surface area (Å²) in [5.41, 5.74) is 2.14. The average Bonchev–Trinajstić information content (AvgIpc) is 3.33. The SMILES string of the molecule is CCOC(=O)c1coc(-c2cn(C3CCCC3)c3ccc(Cl)cc23)n1. The van der Waals surface area contributed by atoms with Crippen molar-refractivity contribution in [2.75, 3.05) is 6.61 Å². The van der Waals surface area contributed by atoms with Crippen LogP contribution >= 0.6 is 11.6 Å². The first kappa shape index (κ1) is 16.2. The molecule has 25 heavy (non-hydrogen) atoms. The van der Waals surface area contributed by atoms with Crippen molar-refractivity contribution in [1.29, 1.82) is 0 Å². The van der Waals surface area contributed by atoms with Crippen LogP contribution in [0.4, 0.5) is 0 Å². The van der Waals surface area contributed by atoms with Crippen LogP contribution in [-0.2, 0) is 4.74 Å².